The van der Waals surface area contributed by atoms with E-state index in [-0.39, 0.29) is 32.0 Å². The molecule has 0 aliphatic carbocycles. The molecule has 1 N–H and O–H groups in total. The minimum Gasteiger partial charge on any atom is -0.462 e. The third-order valence-corrected chi connectivity index (χ3v) is 14.8. The molecule has 0 saturated heterocycles. The van der Waals surface area contributed by atoms with Crippen molar-refractivity contribution in [2.24, 2.45) is 0 Å². The number of carbonyl (C=O) groups excluding carboxylic acids is 2. The SMILES string of the molecule is CC/C=C\C/C=C\C/C=C\C/C=C\C/C=C\CCCCCCCCCCCCCCCCCCCCCCCCCC(=O)OC(COC(=O)CCCCCC/C=C\C/C=C\C/C=C\C/C=C\CC)COP(=O)(O)OCC[N+](C)(C)C. The molecule has 0 rings (SSSR count). The molecular weight excluding hydrogens is 1010 g/mol. The molecule has 0 fully saturated rings. The maximum Gasteiger partial charge on any atom is 0.472 e. The summed E-state index contributed by atoms with van der Waals surface area (Å²) in [6, 6.07) is 0. The van der Waals surface area contributed by atoms with Crippen molar-refractivity contribution in [2.75, 3.05) is 47.5 Å². The lowest BCUT2D eigenvalue weighted by Crippen LogP contribution is -2.37. The van der Waals surface area contributed by atoms with Crippen molar-refractivity contribution in [3.63, 3.8) is 0 Å². The van der Waals surface area contributed by atoms with Gasteiger partial charge in [-0.1, -0.05) is 271 Å². The van der Waals surface area contributed by atoms with E-state index in [1.54, 1.807) is 0 Å². The molecular formula is C70H123NO8P+. The van der Waals surface area contributed by atoms with E-state index in [1.807, 2.05) is 21.1 Å². The van der Waals surface area contributed by atoms with E-state index in [0.717, 1.165) is 96.3 Å². The lowest BCUT2D eigenvalue weighted by molar-refractivity contribution is -0.870. The Balaban J connectivity index is 3.97. The van der Waals surface area contributed by atoms with E-state index in [9.17, 15) is 19.0 Å². The highest BCUT2D eigenvalue weighted by Crippen LogP contribution is 2.43. The summed E-state index contributed by atoms with van der Waals surface area (Å²) in [7, 11) is 1.46. The summed E-state index contributed by atoms with van der Waals surface area (Å²) in [5.41, 5.74) is 0. The lowest BCUT2D eigenvalue weighted by Gasteiger charge is -2.24. The van der Waals surface area contributed by atoms with E-state index in [1.165, 1.54) is 135 Å². The van der Waals surface area contributed by atoms with Crippen LogP contribution in [0, 0.1) is 0 Å². The van der Waals surface area contributed by atoms with Crippen molar-refractivity contribution >= 4 is 19.8 Å². The molecule has 0 amide bonds. The van der Waals surface area contributed by atoms with Crippen molar-refractivity contribution in [3.05, 3.63) is 109 Å². The Bertz CT molecular complexity index is 1720. The summed E-state index contributed by atoms with van der Waals surface area (Å²) in [4.78, 5) is 35.7. The van der Waals surface area contributed by atoms with Gasteiger partial charge in [0.2, 0.25) is 0 Å². The van der Waals surface area contributed by atoms with Crippen LogP contribution in [0.4, 0.5) is 0 Å². The predicted molar refractivity (Wildman–Crippen MR) is 344 cm³/mol. The van der Waals surface area contributed by atoms with Gasteiger partial charge in [-0.2, -0.15) is 0 Å². The van der Waals surface area contributed by atoms with Crippen LogP contribution in [-0.2, 0) is 32.7 Å². The summed E-state index contributed by atoms with van der Waals surface area (Å²) in [6.45, 7) is 4.19. The number of quaternary nitrogens is 1. The number of ether oxygens (including phenoxy) is 2. The molecule has 0 saturated carbocycles. The van der Waals surface area contributed by atoms with Gasteiger partial charge >= 0.3 is 19.8 Å². The van der Waals surface area contributed by atoms with E-state index < -0.39 is 26.5 Å². The molecule has 2 unspecified atom stereocenters. The van der Waals surface area contributed by atoms with E-state index in [0.29, 0.717) is 23.9 Å². The molecule has 0 aromatic carbocycles. The summed E-state index contributed by atoms with van der Waals surface area (Å²) in [5, 5.41) is 0. The second-order valence-corrected chi connectivity index (χ2v) is 24.2. The minimum atomic E-state index is -4.40. The van der Waals surface area contributed by atoms with Crippen LogP contribution in [-0.4, -0.2) is 74.9 Å². The minimum absolute atomic E-state index is 0.0246. The van der Waals surface area contributed by atoms with Crippen LogP contribution >= 0.6 is 7.82 Å². The third kappa shape index (κ3) is 63.8. The van der Waals surface area contributed by atoms with E-state index in [2.05, 4.69) is 123 Å². The van der Waals surface area contributed by atoms with Gasteiger partial charge in [0.25, 0.3) is 0 Å². The second-order valence-electron chi connectivity index (χ2n) is 22.7. The number of phosphoric ester groups is 1. The molecule has 2 atom stereocenters. The van der Waals surface area contributed by atoms with Crippen molar-refractivity contribution in [3.8, 4) is 0 Å². The standard InChI is InChI=1S/C70H122NO8P/c1-6-8-10-12-14-16-18-20-22-24-25-26-27-28-29-30-31-32-33-34-35-36-37-38-39-40-41-42-43-44-45-47-49-51-53-55-57-59-61-63-70(73)79-68(67-78-80(74,75)77-65-64-71(3,4)5)66-76-69(72)62-60-58-56-54-52-50-48-46-23-21-19-17-15-13-11-9-7-2/h8-11,14-17,20-23,25-26,28-29,48,50,68H,6-7,12-13,18-19,24,27,30-47,49,51-67H2,1-5H3/p+1/b10-8-,11-9-,16-14-,17-15-,22-20-,23-21-,26-25-,29-28-,50-48-. The Kier molecular flexibility index (Phi) is 57.8. The van der Waals surface area contributed by atoms with Crippen LogP contribution < -0.4 is 0 Å². The summed E-state index contributed by atoms with van der Waals surface area (Å²) in [5.74, 6) is -0.822. The number of phosphoric acid groups is 1. The quantitative estimate of drug-likeness (QED) is 0.0211. The van der Waals surface area contributed by atoms with Crippen molar-refractivity contribution in [1.29, 1.82) is 0 Å². The average Bonchev–Trinajstić information content (AvgIpc) is 3.42. The number of unbranched alkanes of at least 4 members (excludes halogenated alkanes) is 27. The highest BCUT2D eigenvalue weighted by molar-refractivity contribution is 7.47. The van der Waals surface area contributed by atoms with Crippen LogP contribution in [0.3, 0.4) is 0 Å². The molecule has 0 radical (unpaired) electrons. The van der Waals surface area contributed by atoms with Gasteiger partial charge in [0.1, 0.15) is 19.8 Å². The number of hydrogen-bond donors (Lipinski definition) is 1. The van der Waals surface area contributed by atoms with Gasteiger partial charge in [-0.3, -0.25) is 18.6 Å². The fraction of sp³-hybridized carbons (Fsp3) is 0.714. The van der Waals surface area contributed by atoms with Gasteiger partial charge in [0, 0.05) is 12.8 Å². The number of esters is 2. The second kappa shape index (κ2) is 60.3. The number of hydrogen-bond acceptors (Lipinski definition) is 7. The first-order valence-electron chi connectivity index (χ1n) is 32.6. The predicted octanol–water partition coefficient (Wildman–Crippen LogP) is 20.9. The molecule has 10 heteroatoms. The molecule has 0 heterocycles. The van der Waals surface area contributed by atoms with E-state index >= 15 is 0 Å². The Morgan fingerprint density at radius 2 is 0.675 bits per heavy atom. The molecule has 0 bridgehead atoms. The first-order valence-corrected chi connectivity index (χ1v) is 34.1. The Hall–Kier alpha value is -3.33. The van der Waals surface area contributed by atoms with Crippen molar-refractivity contribution in [1.82, 2.24) is 0 Å². The lowest BCUT2D eigenvalue weighted by atomic mass is 10.0. The Labute approximate surface area is 493 Å². The highest BCUT2D eigenvalue weighted by atomic mass is 31.2. The smallest absolute Gasteiger partial charge is 0.462 e. The third-order valence-electron chi connectivity index (χ3n) is 13.8. The van der Waals surface area contributed by atoms with Crippen LogP contribution in [0.25, 0.3) is 0 Å². The van der Waals surface area contributed by atoms with Crippen molar-refractivity contribution < 1.29 is 42.1 Å². The average molecular weight is 1140 g/mol. The van der Waals surface area contributed by atoms with Gasteiger partial charge in [-0.15, -0.1) is 0 Å². The summed E-state index contributed by atoms with van der Waals surface area (Å²) < 4.78 is 34.6. The summed E-state index contributed by atoms with van der Waals surface area (Å²) in [6.07, 6.45) is 84.8. The Morgan fingerprint density at radius 3 is 1.00 bits per heavy atom. The zero-order valence-corrected chi connectivity index (χ0v) is 53.2. The van der Waals surface area contributed by atoms with Crippen LogP contribution in [0.1, 0.15) is 271 Å². The maximum absolute atomic E-state index is 12.8. The molecule has 0 spiro atoms. The zero-order valence-electron chi connectivity index (χ0n) is 52.3. The number of allylic oxidation sites excluding steroid dienone is 18. The molecule has 460 valence electrons. The maximum atomic E-state index is 12.8. The Morgan fingerprint density at radius 1 is 0.388 bits per heavy atom. The molecule has 9 nitrogen and oxygen atoms in total. The molecule has 0 aromatic heterocycles. The molecule has 0 aliphatic heterocycles. The monoisotopic (exact) mass is 1140 g/mol. The fourth-order valence-corrected chi connectivity index (χ4v) is 9.60. The number of carbonyl (C=O) groups is 2. The molecule has 80 heavy (non-hydrogen) atoms. The topological polar surface area (TPSA) is 108 Å². The number of nitrogens with zero attached hydrogens (tertiary/aromatic N) is 1. The molecule has 0 aliphatic rings. The van der Waals surface area contributed by atoms with Crippen LogP contribution in [0.2, 0.25) is 0 Å². The van der Waals surface area contributed by atoms with Crippen LogP contribution in [0.15, 0.2) is 109 Å². The number of likely N-dealkylation sites (N-methyl/N-ethyl adjacent to an activating group) is 1. The first-order chi connectivity index (χ1) is 39.0. The highest BCUT2D eigenvalue weighted by Gasteiger charge is 2.27. The van der Waals surface area contributed by atoms with Crippen LogP contribution in [0.5, 0.6) is 0 Å². The first kappa shape index (κ1) is 76.7. The van der Waals surface area contributed by atoms with Gasteiger partial charge in [0.15, 0.2) is 6.10 Å². The largest absolute Gasteiger partial charge is 0.472 e. The number of rotatable bonds is 59. The summed E-state index contributed by atoms with van der Waals surface area (Å²) >= 11 is 0. The molecule has 0 aromatic rings. The van der Waals surface area contributed by atoms with Gasteiger partial charge in [0.05, 0.1) is 27.7 Å². The van der Waals surface area contributed by atoms with Gasteiger partial charge in [-0.25, -0.2) is 4.57 Å². The van der Waals surface area contributed by atoms with Crippen molar-refractivity contribution in [2.45, 2.75) is 277 Å². The fourth-order valence-electron chi connectivity index (χ4n) is 8.86. The normalized spacial score (nSPS) is 13.9. The van der Waals surface area contributed by atoms with Gasteiger partial charge < -0.3 is 18.9 Å². The van der Waals surface area contributed by atoms with E-state index in [4.69, 9.17) is 18.5 Å². The zero-order chi connectivity index (χ0) is 58.4. The van der Waals surface area contributed by atoms with Gasteiger partial charge in [-0.05, 0) is 96.3 Å².